The number of alkyl halides is 3. The van der Waals surface area contributed by atoms with Crippen molar-refractivity contribution in [2.45, 2.75) is 32.0 Å². The summed E-state index contributed by atoms with van der Waals surface area (Å²) < 4.78 is 44.5. The van der Waals surface area contributed by atoms with E-state index in [1.165, 1.54) is 0 Å². The van der Waals surface area contributed by atoms with Gasteiger partial charge in [-0.2, -0.15) is 13.2 Å². The van der Waals surface area contributed by atoms with Crippen molar-refractivity contribution in [1.82, 2.24) is 9.88 Å². The number of fused-ring (bicyclic) bond motifs is 1. The lowest BCUT2D eigenvalue weighted by atomic mass is 10.0. The van der Waals surface area contributed by atoms with Crippen LogP contribution in [0.15, 0.2) is 30.3 Å². The van der Waals surface area contributed by atoms with Gasteiger partial charge in [-0.15, -0.1) is 0 Å². The van der Waals surface area contributed by atoms with Crippen molar-refractivity contribution in [3.05, 3.63) is 41.6 Å². The summed E-state index contributed by atoms with van der Waals surface area (Å²) in [5.74, 6) is -0.630. The molecule has 1 aliphatic rings. The maximum Gasteiger partial charge on any atom is 0.406 e. The van der Waals surface area contributed by atoms with Crippen LogP contribution in [0.25, 0.3) is 10.9 Å². The van der Waals surface area contributed by atoms with Gasteiger partial charge in [0.05, 0.1) is 23.7 Å². The van der Waals surface area contributed by atoms with Crippen molar-refractivity contribution in [2.75, 3.05) is 19.8 Å². The summed E-state index contributed by atoms with van der Waals surface area (Å²) in [6.07, 6.45) is -3.32. The van der Waals surface area contributed by atoms with Crippen LogP contribution in [0.4, 0.5) is 13.2 Å². The maximum atomic E-state index is 13.1. The van der Waals surface area contributed by atoms with Crippen molar-refractivity contribution in [3.8, 4) is 0 Å². The van der Waals surface area contributed by atoms with E-state index in [-0.39, 0.29) is 12.2 Å². The number of nitrogens with zero attached hydrogens (tertiary/aromatic N) is 2. The number of pyridine rings is 1. The second-order valence-electron chi connectivity index (χ2n) is 6.25. The Labute approximate surface area is 143 Å². The molecule has 25 heavy (non-hydrogen) atoms. The topological polar surface area (TPSA) is 42.4 Å². The fraction of sp³-hybridized carbons (Fsp3) is 0.444. The van der Waals surface area contributed by atoms with Crippen LogP contribution < -0.4 is 0 Å². The Morgan fingerprint density at radius 3 is 2.80 bits per heavy atom. The molecule has 1 aliphatic heterocycles. The van der Waals surface area contributed by atoms with Gasteiger partial charge in [0.1, 0.15) is 6.54 Å². The molecule has 1 atom stereocenters. The number of hydrogen-bond donors (Lipinski definition) is 0. The van der Waals surface area contributed by atoms with Crippen LogP contribution in [0.5, 0.6) is 0 Å². The lowest BCUT2D eigenvalue weighted by Crippen LogP contribution is -2.49. The molecule has 1 fully saturated rings. The van der Waals surface area contributed by atoms with E-state index in [9.17, 15) is 18.0 Å². The van der Waals surface area contributed by atoms with Crippen molar-refractivity contribution in [2.24, 2.45) is 0 Å². The molecule has 0 bridgehead atoms. The quantitative estimate of drug-likeness (QED) is 0.845. The van der Waals surface area contributed by atoms with Gasteiger partial charge in [0, 0.05) is 17.7 Å². The van der Waals surface area contributed by atoms with E-state index in [1.807, 2.05) is 0 Å². The van der Waals surface area contributed by atoms with E-state index in [1.54, 1.807) is 37.3 Å². The lowest BCUT2D eigenvalue weighted by Gasteiger charge is -2.35. The fourth-order valence-electron chi connectivity index (χ4n) is 3.17. The van der Waals surface area contributed by atoms with Crippen LogP contribution in [-0.4, -0.2) is 47.8 Å². The largest absolute Gasteiger partial charge is 0.406 e. The zero-order valence-electron chi connectivity index (χ0n) is 13.8. The smallest absolute Gasteiger partial charge is 0.379 e. The third-order valence-corrected chi connectivity index (χ3v) is 4.26. The number of aromatic nitrogens is 1. The van der Waals surface area contributed by atoms with Crippen LogP contribution in [0, 0.1) is 6.92 Å². The van der Waals surface area contributed by atoms with Crippen LogP contribution in [0.1, 0.15) is 28.9 Å². The first-order chi connectivity index (χ1) is 11.8. The molecule has 0 radical (unpaired) electrons. The Bertz CT molecular complexity index is 770. The van der Waals surface area contributed by atoms with Crippen molar-refractivity contribution >= 4 is 16.8 Å². The molecule has 1 saturated heterocycles. The summed E-state index contributed by atoms with van der Waals surface area (Å²) in [6.45, 7) is 1.09. The van der Waals surface area contributed by atoms with E-state index in [4.69, 9.17) is 4.74 Å². The molecule has 3 rings (SSSR count). The number of ether oxygens (including phenoxy) is 1. The predicted octanol–water partition coefficient (Wildman–Crippen LogP) is 3.73. The van der Waals surface area contributed by atoms with E-state index < -0.39 is 24.7 Å². The van der Waals surface area contributed by atoms with Gasteiger partial charge in [0.2, 0.25) is 0 Å². The maximum absolute atomic E-state index is 13.1. The number of amides is 1. The summed E-state index contributed by atoms with van der Waals surface area (Å²) in [4.78, 5) is 18.3. The number of rotatable bonds is 3. The first kappa shape index (κ1) is 17.7. The first-order valence-corrected chi connectivity index (χ1v) is 8.17. The highest BCUT2D eigenvalue weighted by atomic mass is 19.4. The van der Waals surface area contributed by atoms with Crippen LogP contribution in [0.3, 0.4) is 0 Å². The molecule has 134 valence electrons. The fourth-order valence-corrected chi connectivity index (χ4v) is 3.17. The molecular formula is C18H19F3N2O2. The monoisotopic (exact) mass is 352 g/mol. The molecule has 1 aromatic carbocycles. The number of benzene rings is 1. The molecule has 1 unspecified atom stereocenters. The second kappa shape index (κ2) is 7.00. The summed E-state index contributed by atoms with van der Waals surface area (Å²) in [6, 6.07) is 7.96. The third kappa shape index (κ3) is 4.10. The van der Waals surface area contributed by atoms with Gasteiger partial charge in [-0.1, -0.05) is 18.2 Å². The van der Waals surface area contributed by atoms with Gasteiger partial charge in [-0.3, -0.25) is 9.78 Å². The molecule has 0 N–H and O–H groups in total. The molecule has 4 nitrogen and oxygen atoms in total. The summed E-state index contributed by atoms with van der Waals surface area (Å²) in [5, 5.41) is 0.557. The van der Waals surface area contributed by atoms with Crippen LogP contribution in [-0.2, 0) is 4.74 Å². The Kier molecular flexibility index (Phi) is 4.94. The average Bonchev–Trinajstić information content (AvgIpc) is 2.58. The average molecular weight is 352 g/mol. The van der Waals surface area contributed by atoms with Gasteiger partial charge >= 0.3 is 6.18 Å². The summed E-state index contributed by atoms with van der Waals surface area (Å²) in [5.41, 5.74) is 1.43. The van der Waals surface area contributed by atoms with Gasteiger partial charge in [-0.05, 0) is 31.9 Å². The van der Waals surface area contributed by atoms with Gasteiger partial charge in [0.15, 0.2) is 0 Å². The number of carbonyl (C=O) groups is 1. The molecule has 0 spiro atoms. The number of carbonyl (C=O) groups excluding carboxylic acids is 1. The molecule has 1 amide bonds. The number of halogens is 3. The van der Waals surface area contributed by atoms with Crippen molar-refractivity contribution in [1.29, 1.82) is 0 Å². The highest BCUT2D eigenvalue weighted by Gasteiger charge is 2.38. The van der Waals surface area contributed by atoms with Gasteiger partial charge in [0.25, 0.3) is 5.91 Å². The second-order valence-corrected chi connectivity index (χ2v) is 6.25. The standard InChI is InChI=1S/C18H19F3N2O2/c1-12-9-15(14-6-2-3-7-16(14)22-12)17(24)23(11-18(19,20)21)13-5-4-8-25-10-13/h2-3,6-7,9,13H,4-5,8,10-11H2,1H3. The highest BCUT2D eigenvalue weighted by Crippen LogP contribution is 2.26. The van der Waals surface area contributed by atoms with E-state index in [0.717, 1.165) is 4.90 Å². The molecule has 7 heteroatoms. The van der Waals surface area contributed by atoms with Gasteiger partial charge < -0.3 is 9.64 Å². The molecule has 0 saturated carbocycles. The molecule has 2 heterocycles. The van der Waals surface area contributed by atoms with E-state index in [2.05, 4.69) is 4.98 Å². The summed E-state index contributed by atoms with van der Waals surface area (Å²) >= 11 is 0. The SMILES string of the molecule is Cc1cc(C(=O)N(CC(F)(F)F)C2CCCOC2)c2ccccc2n1. The molecule has 2 aromatic rings. The Morgan fingerprint density at radius 1 is 1.36 bits per heavy atom. The minimum Gasteiger partial charge on any atom is -0.379 e. The molecular weight excluding hydrogens is 333 g/mol. The number of para-hydroxylation sites is 1. The number of hydrogen-bond acceptors (Lipinski definition) is 3. The highest BCUT2D eigenvalue weighted by molar-refractivity contribution is 6.06. The molecule has 1 aromatic heterocycles. The number of aryl methyl sites for hydroxylation is 1. The first-order valence-electron chi connectivity index (χ1n) is 8.17. The zero-order chi connectivity index (χ0) is 18.0. The minimum atomic E-state index is -4.47. The predicted molar refractivity (Wildman–Crippen MR) is 87.4 cm³/mol. The zero-order valence-corrected chi connectivity index (χ0v) is 13.8. The van der Waals surface area contributed by atoms with Crippen molar-refractivity contribution in [3.63, 3.8) is 0 Å². The van der Waals surface area contributed by atoms with Crippen LogP contribution >= 0.6 is 0 Å². The molecule has 0 aliphatic carbocycles. The lowest BCUT2D eigenvalue weighted by molar-refractivity contribution is -0.148. The van der Waals surface area contributed by atoms with E-state index in [0.29, 0.717) is 36.0 Å². The third-order valence-electron chi connectivity index (χ3n) is 4.26. The Balaban J connectivity index is 2.02. The van der Waals surface area contributed by atoms with Crippen molar-refractivity contribution < 1.29 is 22.7 Å². The van der Waals surface area contributed by atoms with Crippen LogP contribution in [0.2, 0.25) is 0 Å². The Morgan fingerprint density at radius 2 is 2.12 bits per heavy atom. The minimum absolute atomic E-state index is 0.129. The normalized spacial score (nSPS) is 18.3. The summed E-state index contributed by atoms with van der Waals surface area (Å²) in [7, 11) is 0. The Hall–Kier alpha value is -2.15. The van der Waals surface area contributed by atoms with E-state index >= 15 is 0 Å². The van der Waals surface area contributed by atoms with Gasteiger partial charge in [-0.25, -0.2) is 0 Å².